The lowest BCUT2D eigenvalue weighted by atomic mass is 9.81. The molecule has 6 nitrogen and oxygen atoms in total. The number of hydrogen-bond donors (Lipinski definition) is 2. The van der Waals surface area contributed by atoms with Crippen molar-refractivity contribution in [3.05, 3.63) is 58.1 Å². The fourth-order valence-electron chi connectivity index (χ4n) is 4.81. The van der Waals surface area contributed by atoms with Gasteiger partial charge < -0.3 is 20.1 Å². The second-order valence-corrected chi connectivity index (χ2v) is 9.47. The molecule has 2 N–H and O–H groups in total. The number of fused-ring (bicyclic) bond motifs is 2. The fraction of sp³-hybridized carbons (Fsp3) is 0.417. The number of hydrogen-bond acceptors (Lipinski definition) is 4. The van der Waals surface area contributed by atoms with E-state index < -0.39 is 11.6 Å². The average molecular weight is 513 g/mol. The first kappa shape index (κ1) is 24.5. The fourth-order valence-corrected chi connectivity index (χ4v) is 5.04. The normalized spacial score (nSPS) is 23.3. The van der Waals surface area contributed by atoms with Crippen LogP contribution in [0.25, 0.3) is 0 Å². The predicted octanol–water partition coefficient (Wildman–Crippen LogP) is 4.52. The van der Waals surface area contributed by atoms with E-state index in [1.165, 1.54) is 24.3 Å². The van der Waals surface area contributed by atoms with Crippen LogP contribution in [0.4, 0.5) is 8.78 Å². The van der Waals surface area contributed by atoms with Gasteiger partial charge in [-0.2, -0.15) is 0 Å². The van der Waals surface area contributed by atoms with E-state index in [1.807, 2.05) is 0 Å². The van der Waals surface area contributed by atoms with Crippen LogP contribution >= 0.6 is 23.2 Å². The Morgan fingerprint density at radius 3 is 1.76 bits per heavy atom. The minimum atomic E-state index is -0.609. The van der Waals surface area contributed by atoms with Gasteiger partial charge in [-0.3, -0.25) is 9.59 Å². The summed E-state index contributed by atoms with van der Waals surface area (Å²) < 4.78 is 37.7. The minimum Gasteiger partial charge on any atom is -0.484 e. The Morgan fingerprint density at radius 1 is 0.824 bits per heavy atom. The zero-order valence-corrected chi connectivity index (χ0v) is 19.7. The van der Waals surface area contributed by atoms with Crippen molar-refractivity contribution in [3.63, 3.8) is 0 Å². The predicted molar refractivity (Wildman–Crippen MR) is 123 cm³/mol. The van der Waals surface area contributed by atoms with E-state index in [9.17, 15) is 18.4 Å². The maximum absolute atomic E-state index is 13.5. The molecule has 2 aromatic rings. The summed E-state index contributed by atoms with van der Waals surface area (Å²) in [6, 6.07) is 8.02. The number of rotatable bonds is 8. The van der Waals surface area contributed by atoms with Gasteiger partial charge in [0.05, 0.1) is 10.0 Å². The smallest absolute Gasteiger partial charge is 0.258 e. The number of nitrogens with one attached hydrogen (secondary N) is 2. The van der Waals surface area contributed by atoms with Crippen molar-refractivity contribution in [1.29, 1.82) is 0 Å². The van der Waals surface area contributed by atoms with Crippen LogP contribution in [0.5, 0.6) is 11.5 Å². The van der Waals surface area contributed by atoms with Gasteiger partial charge in [-0.15, -0.1) is 0 Å². The van der Waals surface area contributed by atoms with Crippen molar-refractivity contribution in [2.45, 2.75) is 37.8 Å². The molecule has 182 valence electrons. The molecule has 0 saturated heterocycles. The first-order valence-corrected chi connectivity index (χ1v) is 11.8. The molecule has 0 unspecified atom stereocenters. The number of benzene rings is 2. The van der Waals surface area contributed by atoms with Crippen LogP contribution in [0.1, 0.15) is 25.7 Å². The number of ether oxygens (including phenoxy) is 2. The van der Waals surface area contributed by atoms with E-state index in [-0.39, 0.29) is 70.5 Å². The molecule has 2 amide bonds. The summed E-state index contributed by atoms with van der Waals surface area (Å²) in [5.74, 6) is -0.832. The molecule has 10 heteroatoms. The summed E-state index contributed by atoms with van der Waals surface area (Å²) in [5, 5.41) is 6.00. The van der Waals surface area contributed by atoms with Crippen LogP contribution in [0.3, 0.4) is 0 Å². The molecule has 2 saturated carbocycles. The highest BCUT2D eigenvalue weighted by Gasteiger charge is 2.43. The zero-order chi connectivity index (χ0) is 24.2. The highest BCUT2D eigenvalue weighted by Crippen LogP contribution is 2.42. The first-order valence-electron chi connectivity index (χ1n) is 11.0. The zero-order valence-electron chi connectivity index (χ0n) is 18.2. The van der Waals surface area contributed by atoms with Crippen LogP contribution in [0, 0.1) is 23.5 Å². The summed E-state index contributed by atoms with van der Waals surface area (Å²) >= 11 is 11.3. The van der Waals surface area contributed by atoms with Crippen molar-refractivity contribution in [3.8, 4) is 11.5 Å². The SMILES string of the molecule is O=C(COc1ccc(Cl)c(F)c1)N[C@H]1C[C@H]2CC[C@@H](C1)[C@@H]2NC(=O)COc1ccc(Cl)c(F)c1. The van der Waals surface area contributed by atoms with Gasteiger partial charge in [0.25, 0.3) is 11.8 Å². The summed E-state index contributed by atoms with van der Waals surface area (Å²) in [7, 11) is 0. The minimum absolute atomic E-state index is 0.0114. The third kappa shape index (κ3) is 6.10. The average Bonchev–Trinajstić information content (AvgIpc) is 3.02. The van der Waals surface area contributed by atoms with Crippen molar-refractivity contribution in [1.82, 2.24) is 10.6 Å². The van der Waals surface area contributed by atoms with E-state index in [1.54, 1.807) is 0 Å². The highest BCUT2D eigenvalue weighted by atomic mass is 35.5. The molecule has 0 heterocycles. The molecule has 2 fully saturated rings. The first-order chi connectivity index (χ1) is 16.3. The lowest BCUT2D eigenvalue weighted by molar-refractivity contribution is -0.126. The Labute approximate surface area is 205 Å². The maximum atomic E-state index is 13.5. The number of carbonyl (C=O) groups is 2. The Kier molecular flexibility index (Phi) is 7.78. The van der Waals surface area contributed by atoms with Crippen molar-refractivity contribution < 1.29 is 27.8 Å². The van der Waals surface area contributed by atoms with Gasteiger partial charge in [0, 0.05) is 24.2 Å². The molecule has 0 aromatic heterocycles. The van der Waals surface area contributed by atoms with E-state index in [2.05, 4.69) is 10.6 Å². The van der Waals surface area contributed by atoms with E-state index >= 15 is 0 Å². The number of halogens is 4. The quantitative estimate of drug-likeness (QED) is 0.545. The van der Waals surface area contributed by atoms with Gasteiger partial charge >= 0.3 is 0 Å². The topological polar surface area (TPSA) is 76.7 Å². The molecular weight excluding hydrogens is 489 g/mol. The summed E-state index contributed by atoms with van der Waals surface area (Å²) in [6.07, 6.45) is 3.41. The third-order valence-electron chi connectivity index (χ3n) is 6.31. The lowest BCUT2D eigenvalue weighted by Crippen LogP contribution is -2.51. The molecule has 0 radical (unpaired) electrons. The van der Waals surface area contributed by atoms with Gasteiger partial charge in [0.1, 0.15) is 23.1 Å². The lowest BCUT2D eigenvalue weighted by Gasteiger charge is -2.36. The monoisotopic (exact) mass is 512 g/mol. The Hall–Kier alpha value is -2.58. The molecule has 34 heavy (non-hydrogen) atoms. The van der Waals surface area contributed by atoms with Crippen LogP contribution < -0.4 is 20.1 Å². The van der Waals surface area contributed by atoms with Gasteiger partial charge in [-0.25, -0.2) is 8.78 Å². The second-order valence-electron chi connectivity index (χ2n) is 8.66. The Morgan fingerprint density at radius 2 is 1.29 bits per heavy atom. The number of carbonyl (C=O) groups excluding carboxylic acids is 2. The number of amides is 2. The summed E-state index contributed by atoms with van der Waals surface area (Å²) in [5.41, 5.74) is 0. The Balaban J connectivity index is 1.22. The van der Waals surface area contributed by atoms with E-state index in [0.29, 0.717) is 0 Å². The maximum Gasteiger partial charge on any atom is 0.258 e. The summed E-state index contributed by atoms with van der Waals surface area (Å²) in [4.78, 5) is 24.7. The molecule has 0 spiro atoms. The Bertz CT molecular complexity index is 1060. The molecular formula is C24H24Cl2F2N2O4. The molecule has 0 aliphatic heterocycles. The van der Waals surface area contributed by atoms with Crippen LogP contribution in [-0.4, -0.2) is 37.1 Å². The van der Waals surface area contributed by atoms with Gasteiger partial charge in [0.15, 0.2) is 13.2 Å². The van der Waals surface area contributed by atoms with Crippen molar-refractivity contribution in [2.75, 3.05) is 13.2 Å². The summed E-state index contributed by atoms with van der Waals surface area (Å²) in [6.45, 7) is -0.449. The molecule has 2 bridgehead atoms. The van der Waals surface area contributed by atoms with Gasteiger partial charge in [-0.05, 0) is 61.8 Å². The van der Waals surface area contributed by atoms with Crippen molar-refractivity contribution >= 4 is 35.0 Å². The molecule has 2 aliphatic rings. The standard InChI is InChI=1S/C24H24Cl2F2N2O4/c25-18-5-3-16(9-20(18)27)33-11-22(31)29-15-7-13-1-2-14(8-15)24(13)30-23(32)12-34-17-4-6-19(26)21(28)10-17/h3-6,9-10,13-15,24H,1-2,7-8,11-12H2,(H,29,31)(H,30,32)/t13-,14+,15+,24-. The third-order valence-corrected chi connectivity index (χ3v) is 6.93. The largest absolute Gasteiger partial charge is 0.484 e. The second kappa shape index (κ2) is 10.8. The molecule has 4 atom stereocenters. The van der Waals surface area contributed by atoms with E-state index in [0.717, 1.165) is 37.8 Å². The van der Waals surface area contributed by atoms with Crippen LogP contribution in [0.2, 0.25) is 10.0 Å². The molecule has 2 aromatic carbocycles. The van der Waals surface area contributed by atoms with Crippen LogP contribution in [0.15, 0.2) is 36.4 Å². The van der Waals surface area contributed by atoms with E-state index in [4.69, 9.17) is 32.7 Å². The van der Waals surface area contributed by atoms with Gasteiger partial charge in [0.2, 0.25) is 0 Å². The van der Waals surface area contributed by atoms with Crippen molar-refractivity contribution in [2.24, 2.45) is 11.8 Å². The molecule has 2 aliphatic carbocycles. The highest BCUT2D eigenvalue weighted by molar-refractivity contribution is 6.31. The van der Waals surface area contributed by atoms with Crippen LogP contribution in [-0.2, 0) is 9.59 Å². The van der Waals surface area contributed by atoms with Gasteiger partial charge in [-0.1, -0.05) is 23.2 Å². The molecule has 4 rings (SSSR count).